The topological polar surface area (TPSA) is 134 Å². The maximum Gasteiger partial charge on any atom is 0.472 e. The van der Waals surface area contributed by atoms with Crippen LogP contribution in [0.15, 0.2) is 170 Å². The average Bonchev–Trinajstić information content (AvgIpc) is 3.60. The van der Waals surface area contributed by atoms with E-state index in [2.05, 4.69) is 184 Å². The highest BCUT2D eigenvalue weighted by Gasteiger charge is 2.26. The zero-order chi connectivity index (χ0) is 67.2. The molecular weight excluding hydrogens is 1170 g/mol. The molecule has 0 aliphatic carbocycles. The van der Waals surface area contributed by atoms with Gasteiger partial charge in [-0.3, -0.25) is 18.6 Å². The monoisotopic (exact) mass is 1310 g/mol. The van der Waals surface area contributed by atoms with Crippen LogP contribution in [0, 0.1) is 0 Å². The lowest BCUT2D eigenvalue weighted by atomic mass is 10.0. The Labute approximate surface area is 571 Å². The second-order valence-corrected chi connectivity index (χ2v) is 25.9. The van der Waals surface area contributed by atoms with Gasteiger partial charge in [0.25, 0.3) is 0 Å². The highest BCUT2D eigenvalue weighted by molar-refractivity contribution is 7.47. The predicted octanol–water partition coefficient (Wildman–Crippen LogP) is 25.3. The van der Waals surface area contributed by atoms with Crippen LogP contribution in [0.2, 0.25) is 0 Å². The van der Waals surface area contributed by atoms with E-state index < -0.39 is 32.5 Å². The molecule has 0 aliphatic heterocycles. The fourth-order valence-electron chi connectivity index (χ4n) is 10.1. The molecule has 0 aromatic rings. The fourth-order valence-corrected chi connectivity index (χ4v) is 10.8. The van der Waals surface area contributed by atoms with E-state index in [9.17, 15) is 19.0 Å². The number of allylic oxidation sites excluding steroid dienone is 28. The molecule has 10 heteroatoms. The number of carbonyl (C=O) groups is 2. The standard InChI is InChI=1S/C83H138NO8P/c1-3-5-7-9-11-13-15-17-19-21-23-25-27-29-31-33-35-37-38-39-40-41-42-44-46-48-50-52-54-56-58-60-62-64-66-68-70-72-74-76-83(86)92-81(80-91-93(87,88)90-78-77-84)79-89-82(85)75-73-71-69-67-65-63-61-59-57-55-53-51-49-47-45-43-36-34-32-30-28-26-24-22-20-18-16-14-12-10-8-6-4-2/h5,7,11,13,16-19,22-25,29,31,35,37,39-40,42,44,48,50,54,56,60,62,66,68,81H,3-4,6,8-10,12,14-15,20-21,26-28,30,32-34,36,38,41,43,45-47,49,51-53,55,57-59,61,63-65,67,69-80,84H2,1-2H3,(H,87,88)/b7-5-,13-11-,18-16-,19-17-,24-22-,25-23-,31-29-,37-35-,40-39-,44-42-,50-48-,56-54-,62-60-,68-66-. The summed E-state index contributed by atoms with van der Waals surface area (Å²) >= 11 is 0. The summed E-state index contributed by atoms with van der Waals surface area (Å²) in [7, 11) is -4.42. The number of hydrogen-bond donors (Lipinski definition) is 2. The van der Waals surface area contributed by atoms with E-state index in [0.29, 0.717) is 6.42 Å². The molecule has 528 valence electrons. The van der Waals surface area contributed by atoms with Crippen molar-refractivity contribution in [2.24, 2.45) is 5.73 Å². The predicted molar refractivity (Wildman–Crippen MR) is 403 cm³/mol. The van der Waals surface area contributed by atoms with Gasteiger partial charge in [0.1, 0.15) is 6.61 Å². The van der Waals surface area contributed by atoms with Crippen LogP contribution in [-0.2, 0) is 32.7 Å². The molecule has 0 saturated carbocycles. The largest absolute Gasteiger partial charge is 0.472 e. The molecule has 93 heavy (non-hydrogen) atoms. The van der Waals surface area contributed by atoms with E-state index in [4.69, 9.17) is 24.3 Å². The number of esters is 2. The van der Waals surface area contributed by atoms with Gasteiger partial charge < -0.3 is 20.1 Å². The second kappa shape index (κ2) is 76.4. The van der Waals surface area contributed by atoms with E-state index in [1.54, 1.807) is 0 Å². The molecule has 0 aromatic heterocycles. The summed E-state index contributed by atoms with van der Waals surface area (Å²) in [5.41, 5.74) is 5.40. The van der Waals surface area contributed by atoms with Gasteiger partial charge in [-0.2, -0.15) is 0 Å². The number of phosphoric acid groups is 1. The summed E-state index contributed by atoms with van der Waals surface area (Å²) in [4.78, 5) is 35.4. The Kier molecular flexibility index (Phi) is 72.6. The first kappa shape index (κ1) is 88.4. The maximum absolute atomic E-state index is 12.8. The normalized spacial score (nSPS) is 13.9. The van der Waals surface area contributed by atoms with Crippen molar-refractivity contribution in [2.75, 3.05) is 26.4 Å². The zero-order valence-electron chi connectivity index (χ0n) is 59.4. The van der Waals surface area contributed by atoms with Crippen LogP contribution in [0.5, 0.6) is 0 Å². The van der Waals surface area contributed by atoms with Crippen LogP contribution in [-0.4, -0.2) is 49.3 Å². The summed E-state index contributed by atoms with van der Waals surface area (Å²) in [6.45, 7) is 3.58. The zero-order valence-corrected chi connectivity index (χ0v) is 60.3. The molecule has 9 nitrogen and oxygen atoms in total. The quantitative estimate of drug-likeness (QED) is 0.0264. The van der Waals surface area contributed by atoms with Crippen LogP contribution < -0.4 is 5.73 Å². The summed E-state index contributed by atoms with van der Waals surface area (Å²) < 4.78 is 33.2. The number of nitrogens with two attached hydrogens (primary N) is 1. The molecule has 2 atom stereocenters. The van der Waals surface area contributed by atoms with Crippen molar-refractivity contribution >= 4 is 19.8 Å². The van der Waals surface area contributed by atoms with E-state index in [-0.39, 0.29) is 32.6 Å². The van der Waals surface area contributed by atoms with Crippen molar-refractivity contribution in [3.05, 3.63) is 170 Å². The van der Waals surface area contributed by atoms with Crippen molar-refractivity contribution in [2.45, 2.75) is 315 Å². The Morgan fingerprint density at radius 2 is 0.591 bits per heavy atom. The van der Waals surface area contributed by atoms with Gasteiger partial charge in [-0.05, 0) is 135 Å². The van der Waals surface area contributed by atoms with Gasteiger partial charge in [-0.25, -0.2) is 4.57 Å². The summed E-state index contributed by atoms with van der Waals surface area (Å²) in [6, 6.07) is 0. The van der Waals surface area contributed by atoms with E-state index in [1.807, 2.05) is 0 Å². The highest BCUT2D eigenvalue weighted by atomic mass is 31.2. The summed E-state index contributed by atoms with van der Waals surface area (Å²) in [5, 5.41) is 0. The second-order valence-electron chi connectivity index (χ2n) is 24.4. The molecule has 0 heterocycles. The first-order chi connectivity index (χ1) is 45.8. The number of unbranched alkanes of at least 4 members (excludes halogenated alkanes) is 28. The minimum absolute atomic E-state index is 0.0387. The van der Waals surface area contributed by atoms with Crippen molar-refractivity contribution in [1.29, 1.82) is 0 Å². The minimum Gasteiger partial charge on any atom is -0.462 e. The fraction of sp³-hybridized carbons (Fsp3) is 0.639. The lowest BCUT2D eigenvalue weighted by Crippen LogP contribution is -2.29. The van der Waals surface area contributed by atoms with E-state index in [1.165, 1.54) is 161 Å². The van der Waals surface area contributed by atoms with Gasteiger partial charge in [0.05, 0.1) is 13.2 Å². The van der Waals surface area contributed by atoms with Crippen LogP contribution in [0.3, 0.4) is 0 Å². The number of carbonyl (C=O) groups excluding carboxylic acids is 2. The number of ether oxygens (including phenoxy) is 2. The maximum atomic E-state index is 12.8. The third kappa shape index (κ3) is 76.3. The Morgan fingerprint density at radius 3 is 0.903 bits per heavy atom. The smallest absolute Gasteiger partial charge is 0.462 e. The SMILES string of the molecule is CC/C=C\C/C=C\C/C=C\C/C=C\C/C=C\C/C=C\C/C=C\C/C=C\C/C=C\C/C=C\C/C=C\C/C=C\CCCCC(=O)OC(COC(=O)CCCCCCCCCCCCCCCCCCCCCCC/C=C\C/C=C\CCCCCCC)COP(=O)(O)OCCN. The minimum atomic E-state index is -4.42. The molecule has 2 unspecified atom stereocenters. The highest BCUT2D eigenvalue weighted by Crippen LogP contribution is 2.43. The number of rotatable bonds is 69. The molecule has 0 radical (unpaired) electrons. The van der Waals surface area contributed by atoms with Crippen LogP contribution in [0.1, 0.15) is 309 Å². The molecule has 0 bridgehead atoms. The molecule has 0 saturated heterocycles. The molecule has 0 amide bonds. The van der Waals surface area contributed by atoms with Crippen molar-refractivity contribution < 1.29 is 37.6 Å². The van der Waals surface area contributed by atoms with Crippen LogP contribution in [0.25, 0.3) is 0 Å². The first-order valence-electron chi connectivity index (χ1n) is 37.6. The van der Waals surface area contributed by atoms with Gasteiger partial charge >= 0.3 is 19.8 Å². The van der Waals surface area contributed by atoms with Crippen LogP contribution in [0.4, 0.5) is 0 Å². The third-order valence-electron chi connectivity index (χ3n) is 15.6. The molecule has 0 spiro atoms. The summed E-state index contributed by atoms with van der Waals surface area (Å²) in [6.07, 6.45) is 113. The van der Waals surface area contributed by atoms with Crippen LogP contribution >= 0.6 is 7.82 Å². The third-order valence-corrected chi connectivity index (χ3v) is 16.6. The molecule has 0 rings (SSSR count). The van der Waals surface area contributed by atoms with Gasteiger partial charge in [0.2, 0.25) is 0 Å². The lowest BCUT2D eigenvalue weighted by molar-refractivity contribution is -0.161. The van der Waals surface area contributed by atoms with Gasteiger partial charge in [0, 0.05) is 19.4 Å². The van der Waals surface area contributed by atoms with Gasteiger partial charge in [-0.1, -0.05) is 332 Å². The van der Waals surface area contributed by atoms with Crippen molar-refractivity contribution in [3.8, 4) is 0 Å². The van der Waals surface area contributed by atoms with Crippen molar-refractivity contribution in [1.82, 2.24) is 0 Å². The van der Waals surface area contributed by atoms with E-state index >= 15 is 0 Å². The number of hydrogen-bond acceptors (Lipinski definition) is 8. The van der Waals surface area contributed by atoms with Gasteiger partial charge in [0.15, 0.2) is 6.10 Å². The molecular formula is C83H138NO8P. The summed E-state index contributed by atoms with van der Waals surface area (Å²) in [5.74, 6) is -0.881. The van der Waals surface area contributed by atoms with Gasteiger partial charge in [-0.15, -0.1) is 0 Å². The Hall–Kier alpha value is -4.63. The first-order valence-corrected chi connectivity index (χ1v) is 39.1. The molecule has 0 aromatic carbocycles. The number of phosphoric ester groups is 1. The lowest BCUT2D eigenvalue weighted by Gasteiger charge is -2.19. The Balaban J connectivity index is 3.99. The Morgan fingerprint density at radius 1 is 0.333 bits per heavy atom. The molecule has 0 aliphatic rings. The molecule has 0 fully saturated rings. The molecule has 3 N–H and O–H groups in total. The van der Waals surface area contributed by atoms with Crippen molar-refractivity contribution in [3.63, 3.8) is 0 Å². The van der Waals surface area contributed by atoms with E-state index in [0.717, 1.165) is 116 Å². The Bertz CT molecular complexity index is 2140. The average molecular weight is 1310 g/mol.